The summed E-state index contributed by atoms with van der Waals surface area (Å²) in [5, 5.41) is 9.31. The zero-order valence-electron chi connectivity index (χ0n) is 23.5. The van der Waals surface area contributed by atoms with Crippen LogP contribution in [0.5, 0.6) is 0 Å². The number of aromatic nitrogens is 3. The smallest absolute Gasteiger partial charge is 0.407 e. The highest BCUT2D eigenvalue weighted by Crippen LogP contribution is 2.26. The number of thiazole rings is 1. The summed E-state index contributed by atoms with van der Waals surface area (Å²) >= 11 is 1.67. The van der Waals surface area contributed by atoms with Gasteiger partial charge in [-0.3, -0.25) is 9.97 Å². The molecule has 2 N–H and O–H groups in total. The topological polar surface area (TPSA) is 89.0 Å². The standard InChI is InChI=1S/C29H41N5O2S/c1-19-14-22(15-26-34-24(18-37-26)23-16-33-25(17-32-23)28(3,4)5)20(2)13-21(19)9-10-30-11-12-31-27(35)36-29(6,7)8/h13-14,16-18,30H,9-12,15H2,1-8H3,(H,31,35). The number of ether oxygens (including phenoxy) is 1. The number of hydrogen-bond acceptors (Lipinski definition) is 7. The average molecular weight is 524 g/mol. The molecule has 0 saturated carbocycles. The van der Waals surface area contributed by atoms with Gasteiger partial charge in [0.1, 0.15) is 17.0 Å². The lowest BCUT2D eigenvalue weighted by molar-refractivity contribution is 0.0528. The van der Waals surface area contributed by atoms with Gasteiger partial charge in [-0.15, -0.1) is 11.3 Å². The molecule has 0 atom stereocenters. The Kier molecular flexibility index (Phi) is 9.42. The summed E-state index contributed by atoms with van der Waals surface area (Å²) < 4.78 is 5.25. The van der Waals surface area contributed by atoms with Gasteiger partial charge in [0.25, 0.3) is 0 Å². The van der Waals surface area contributed by atoms with Crippen molar-refractivity contribution >= 4 is 17.4 Å². The van der Waals surface area contributed by atoms with Crippen LogP contribution < -0.4 is 10.6 Å². The molecule has 0 aliphatic carbocycles. The molecule has 2 heterocycles. The fourth-order valence-electron chi connectivity index (χ4n) is 3.83. The van der Waals surface area contributed by atoms with Crippen LogP contribution in [0.1, 0.15) is 74.5 Å². The number of benzene rings is 1. The molecule has 0 bridgehead atoms. The molecular formula is C29H41N5O2S. The van der Waals surface area contributed by atoms with Crippen molar-refractivity contribution in [2.75, 3.05) is 19.6 Å². The molecule has 0 saturated heterocycles. The van der Waals surface area contributed by atoms with Crippen LogP contribution in [0, 0.1) is 13.8 Å². The Morgan fingerprint density at radius 3 is 2.27 bits per heavy atom. The minimum absolute atomic E-state index is 0.0185. The number of rotatable bonds is 9. The molecule has 8 heteroatoms. The Balaban J connectivity index is 1.51. The predicted molar refractivity (Wildman–Crippen MR) is 151 cm³/mol. The van der Waals surface area contributed by atoms with Gasteiger partial charge >= 0.3 is 6.09 Å². The van der Waals surface area contributed by atoms with E-state index in [1.54, 1.807) is 11.3 Å². The lowest BCUT2D eigenvalue weighted by atomic mass is 9.93. The third kappa shape index (κ3) is 8.90. The van der Waals surface area contributed by atoms with Crippen molar-refractivity contribution in [3.63, 3.8) is 0 Å². The lowest BCUT2D eigenvalue weighted by Gasteiger charge is -2.19. The molecule has 37 heavy (non-hydrogen) atoms. The monoisotopic (exact) mass is 523 g/mol. The van der Waals surface area contributed by atoms with E-state index in [0.717, 1.165) is 41.5 Å². The van der Waals surface area contributed by atoms with Crippen molar-refractivity contribution in [3.05, 3.63) is 62.9 Å². The van der Waals surface area contributed by atoms with E-state index in [1.807, 2.05) is 33.2 Å². The van der Waals surface area contributed by atoms with Crippen molar-refractivity contribution in [1.82, 2.24) is 25.6 Å². The molecule has 0 radical (unpaired) electrons. The molecule has 0 spiro atoms. The Hall–Kier alpha value is -2.84. The second-order valence-electron chi connectivity index (χ2n) is 11.5. The first kappa shape index (κ1) is 28.7. The molecule has 2 aromatic heterocycles. The maximum Gasteiger partial charge on any atom is 0.407 e. The van der Waals surface area contributed by atoms with E-state index in [-0.39, 0.29) is 11.5 Å². The van der Waals surface area contributed by atoms with Crippen molar-refractivity contribution in [2.24, 2.45) is 0 Å². The average Bonchev–Trinajstić information content (AvgIpc) is 3.26. The summed E-state index contributed by atoms with van der Waals surface area (Å²) in [7, 11) is 0. The summed E-state index contributed by atoms with van der Waals surface area (Å²) in [5.41, 5.74) is 7.37. The number of alkyl carbamates (subject to hydrolysis) is 1. The Morgan fingerprint density at radius 1 is 0.919 bits per heavy atom. The van der Waals surface area contributed by atoms with E-state index in [2.05, 4.69) is 72.7 Å². The van der Waals surface area contributed by atoms with Crippen molar-refractivity contribution in [1.29, 1.82) is 0 Å². The van der Waals surface area contributed by atoms with Gasteiger partial charge in [-0.2, -0.15) is 0 Å². The van der Waals surface area contributed by atoms with Crippen LogP contribution in [0.3, 0.4) is 0 Å². The van der Waals surface area contributed by atoms with E-state index in [1.165, 1.54) is 22.3 Å². The Labute approximate surface area is 225 Å². The van der Waals surface area contributed by atoms with Crippen LogP contribution in [0.25, 0.3) is 11.4 Å². The second kappa shape index (κ2) is 12.1. The van der Waals surface area contributed by atoms with Crippen molar-refractivity contribution < 1.29 is 9.53 Å². The van der Waals surface area contributed by atoms with Crippen LogP contribution in [0.15, 0.2) is 29.9 Å². The molecule has 3 rings (SSSR count). The SMILES string of the molecule is Cc1cc(Cc2nc(-c3cnc(C(C)(C)C)cn3)cs2)c(C)cc1CCNCCNC(=O)OC(C)(C)C. The molecule has 0 aliphatic heterocycles. The Bertz CT molecular complexity index is 1190. The summed E-state index contributed by atoms with van der Waals surface area (Å²) in [5.74, 6) is 0. The second-order valence-corrected chi connectivity index (χ2v) is 12.4. The summed E-state index contributed by atoms with van der Waals surface area (Å²) in [6.07, 6.45) is 5.04. The highest BCUT2D eigenvalue weighted by molar-refractivity contribution is 7.10. The van der Waals surface area contributed by atoms with E-state index < -0.39 is 5.60 Å². The third-order valence-electron chi connectivity index (χ3n) is 5.91. The number of nitrogens with one attached hydrogen (secondary N) is 2. The first-order valence-corrected chi connectivity index (χ1v) is 13.7. The quantitative estimate of drug-likeness (QED) is 0.347. The number of aryl methyl sites for hydroxylation is 2. The van der Waals surface area contributed by atoms with Crippen molar-refractivity contribution in [3.8, 4) is 11.4 Å². The van der Waals surface area contributed by atoms with E-state index in [9.17, 15) is 4.79 Å². The number of carbonyl (C=O) groups is 1. The van der Waals surface area contributed by atoms with Gasteiger partial charge in [-0.05, 0) is 69.8 Å². The van der Waals surface area contributed by atoms with Gasteiger partial charge < -0.3 is 15.4 Å². The Morgan fingerprint density at radius 2 is 1.62 bits per heavy atom. The minimum Gasteiger partial charge on any atom is -0.444 e. The number of amides is 1. The van der Waals surface area contributed by atoms with Crippen LogP contribution in [0.4, 0.5) is 4.79 Å². The van der Waals surface area contributed by atoms with E-state index >= 15 is 0 Å². The van der Waals surface area contributed by atoms with E-state index in [4.69, 9.17) is 9.72 Å². The van der Waals surface area contributed by atoms with Gasteiger partial charge in [-0.1, -0.05) is 32.9 Å². The van der Waals surface area contributed by atoms with Crippen molar-refractivity contribution in [2.45, 2.75) is 79.2 Å². The minimum atomic E-state index is -0.478. The summed E-state index contributed by atoms with van der Waals surface area (Å²) in [6.45, 7) is 18.4. The van der Waals surface area contributed by atoms with Gasteiger partial charge in [0.15, 0.2) is 0 Å². The predicted octanol–water partition coefficient (Wildman–Crippen LogP) is 5.76. The zero-order valence-corrected chi connectivity index (χ0v) is 24.3. The zero-order chi connectivity index (χ0) is 27.2. The highest BCUT2D eigenvalue weighted by atomic mass is 32.1. The number of hydrogen-bond donors (Lipinski definition) is 2. The number of carbonyl (C=O) groups excluding carboxylic acids is 1. The summed E-state index contributed by atoms with van der Waals surface area (Å²) in [4.78, 5) is 25.7. The highest BCUT2D eigenvalue weighted by Gasteiger charge is 2.17. The number of nitrogens with zero attached hydrogens (tertiary/aromatic N) is 3. The molecular weight excluding hydrogens is 482 g/mol. The molecule has 1 aromatic carbocycles. The van der Waals surface area contributed by atoms with Gasteiger partial charge in [0.2, 0.25) is 0 Å². The first-order valence-electron chi connectivity index (χ1n) is 12.9. The molecule has 7 nitrogen and oxygen atoms in total. The molecule has 0 fully saturated rings. The molecule has 1 amide bonds. The molecule has 200 valence electrons. The maximum atomic E-state index is 11.7. The molecule has 3 aromatic rings. The van der Waals surface area contributed by atoms with Gasteiger partial charge in [-0.25, -0.2) is 9.78 Å². The maximum absolute atomic E-state index is 11.7. The summed E-state index contributed by atoms with van der Waals surface area (Å²) in [6, 6.07) is 4.57. The van der Waals surface area contributed by atoms with Crippen LogP contribution in [0.2, 0.25) is 0 Å². The molecule has 0 aliphatic rings. The van der Waals surface area contributed by atoms with Crippen LogP contribution >= 0.6 is 11.3 Å². The fraction of sp³-hybridized carbons (Fsp3) is 0.517. The largest absolute Gasteiger partial charge is 0.444 e. The van der Waals surface area contributed by atoms with Gasteiger partial charge in [0, 0.05) is 36.5 Å². The third-order valence-corrected chi connectivity index (χ3v) is 6.76. The fourth-order valence-corrected chi connectivity index (χ4v) is 4.64. The van der Waals surface area contributed by atoms with Crippen LogP contribution in [-0.4, -0.2) is 46.3 Å². The van der Waals surface area contributed by atoms with Gasteiger partial charge in [0.05, 0.1) is 16.9 Å². The molecule has 0 unspecified atom stereocenters. The lowest BCUT2D eigenvalue weighted by Crippen LogP contribution is -2.36. The van der Waals surface area contributed by atoms with E-state index in [0.29, 0.717) is 13.1 Å². The van der Waals surface area contributed by atoms with Crippen LogP contribution in [-0.2, 0) is 23.0 Å². The first-order chi connectivity index (χ1) is 17.3. The normalized spacial score (nSPS) is 12.0.